The van der Waals surface area contributed by atoms with Crippen LogP contribution in [0.5, 0.6) is 0 Å². The predicted octanol–water partition coefficient (Wildman–Crippen LogP) is 6.77. The highest BCUT2D eigenvalue weighted by atomic mass is 127. The fourth-order valence-electron chi connectivity index (χ4n) is 5.36. The fraction of sp³-hybridized carbons (Fsp3) is 0.733. The van der Waals surface area contributed by atoms with Gasteiger partial charge in [-0.05, 0) is 106 Å². The molecule has 1 aliphatic rings. The topological polar surface area (TPSA) is 80.3 Å². The largest absolute Gasteiger partial charge is 0.417 e. The second-order valence-corrected chi connectivity index (χ2v) is 13.3. The molecule has 3 unspecified atom stereocenters. The first kappa shape index (κ1) is 38.1. The smallest absolute Gasteiger partial charge is 0.385 e. The minimum atomic E-state index is -4.75. The third-order valence-corrected chi connectivity index (χ3v) is 9.19. The van der Waals surface area contributed by atoms with E-state index in [1.807, 2.05) is 20.8 Å². The molecule has 0 bridgehead atoms. The first-order valence-corrected chi connectivity index (χ1v) is 19.0. The van der Waals surface area contributed by atoms with Gasteiger partial charge in [0.15, 0.2) is 0 Å². The van der Waals surface area contributed by atoms with Crippen LogP contribution in [-0.2, 0) is 25.0 Å². The number of nitrogens with one attached hydrogen (secondary N) is 1. The Morgan fingerprint density at radius 1 is 1.19 bits per heavy atom. The summed E-state index contributed by atoms with van der Waals surface area (Å²) in [5, 5.41) is 3.26. The number of methoxy groups -OCH3 is 1. The molecule has 2 rings (SSSR count). The molecular formula is C30H48F3IN3O5P. The summed E-state index contributed by atoms with van der Waals surface area (Å²) >= 11 is 2.12. The van der Waals surface area contributed by atoms with Gasteiger partial charge in [0.2, 0.25) is 5.91 Å². The van der Waals surface area contributed by atoms with Crippen LogP contribution in [0.4, 0.5) is 18.9 Å². The highest BCUT2D eigenvalue weighted by molar-refractivity contribution is 14.2. The minimum absolute atomic E-state index is 0.131. The number of aryl methyl sites for hydroxylation is 1. The number of nitrogens with zero attached hydrogens (tertiary/aromatic N) is 2. The van der Waals surface area contributed by atoms with E-state index in [9.17, 15) is 22.8 Å². The van der Waals surface area contributed by atoms with E-state index in [1.54, 1.807) is 30.8 Å². The number of piperidine rings is 1. The van der Waals surface area contributed by atoms with E-state index in [-0.39, 0.29) is 36.7 Å². The average molecular weight is 746 g/mol. The lowest BCUT2D eigenvalue weighted by Gasteiger charge is -2.39. The Labute approximate surface area is 269 Å². The fourth-order valence-corrected chi connectivity index (χ4v) is 6.18. The van der Waals surface area contributed by atoms with Gasteiger partial charge in [0.25, 0.3) is 5.91 Å². The molecule has 1 aromatic rings. The molecule has 1 fully saturated rings. The molecule has 1 N–H and O–H groups in total. The number of benzene rings is 1. The summed E-state index contributed by atoms with van der Waals surface area (Å²) in [5.74, 6) is -0.941. The number of carbonyl (C=O) groups excluding carboxylic acids is 2. The molecule has 0 spiro atoms. The first-order chi connectivity index (χ1) is 20.3. The van der Waals surface area contributed by atoms with Gasteiger partial charge in [-0.1, -0.05) is 6.92 Å². The summed E-state index contributed by atoms with van der Waals surface area (Å²) < 4.78 is 59.7. The van der Waals surface area contributed by atoms with Crippen molar-refractivity contribution in [1.29, 1.82) is 0 Å². The zero-order valence-electron chi connectivity index (χ0n) is 26.2. The number of rotatable bonds is 17. The van der Waals surface area contributed by atoms with E-state index in [0.29, 0.717) is 64.2 Å². The summed E-state index contributed by atoms with van der Waals surface area (Å²) in [6.07, 6.45) is -1.52. The molecule has 1 saturated heterocycles. The average Bonchev–Trinajstić information content (AvgIpc) is 2.96. The third-order valence-electron chi connectivity index (χ3n) is 7.94. The predicted molar refractivity (Wildman–Crippen MR) is 174 cm³/mol. The van der Waals surface area contributed by atoms with Gasteiger partial charge in [0, 0.05) is 44.6 Å². The minimum Gasteiger partial charge on any atom is -0.385 e. The molecule has 1 aliphatic heterocycles. The van der Waals surface area contributed by atoms with Gasteiger partial charge in [-0.25, -0.2) is 0 Å². The third kappa shape index (κ3) is 10.8. The quantitative estimate of drug-likeness (QED) is 0.108. The Bertz CT molecular complexity index is 1040. The van der Waals surface area contributed by atoms with E-state index < -0.39 is 28.6 Å². The molecule has 8 nitrogen and oxygen atoms in total. The zero-order chi connectivity index (χ0) is 32.2. The van der Waals surface area contributed by atoms with Crippen LogP contribution in [0, 0.1) is 12.3 Å². The van der Waals surface area contributed by atoms with Crippen LogP contribution in [0.2, 0.25) is 0 Å². The Balaban J connectivity index is 2.61. The van der Waals surface area contributed by atoms with E-state index in [1.165, 1.54) is 6.07 Å². The molecule has 246 valence electrons. The molecule has 2 amide bonds. The standard InChI is InChI=1S/C30H48F3IN3O5P/c1-7-29(5,20-41-15-16-42-43-34)28(39)36(13-8-9-14-40-6)26-18-24(25(17-22(26)4)30(31,32)33)27(38)37(21(2)3)23-11-10-12-35-19-23/h17-18,21,23,35,43H,7-16,19-20H2,1-6H3. The highest BCUT2D eigenvalue weighted by Gasteiger charge is 2.41. The van der Waals surface area contributed by atoms with Crippen LogP contribution in [0.25, 0.3) is 0 Å². The van der Waals surface area contributed by atoms with E-state index >= 15 is 0 Å². The number of anilines is 1. The lowest BCUT2D eigenvalue weighted by Crippen LogP contribution is -2.52. The normalized spacial score (nSPS) is 17.4. The van der Waals surface area contributed by atoms with Crippen molar-refractivity contribution in [1.82, 2.24) is 10.2 Å². The van der Waals surface area contributed by atoms with Crippen LogP contribution in [-0.4, -0.2) is 82.0 Å². The van der Waals surface area contributed by atoms with Crippen LogP contribution < -0.4 is 10.2 Å². The van der Waals surface area contributed by atoms with Gasteiger partial charge in [0.1, 0.15) is 0 Å². The second kappa shape index (κ2) is 18.2. The van der Waals surface area contributed by atoms with Crippen molar-refractivity contribution in [3.05, 3.63) is 28.8 Å². The van der Waals surface area contributed by atoms with Gasteiger partial charge in [-0.3, -0.25) is 9.59 Å². The Kier molecular flexibility index (Phi) is 16.1. The van der Waals surface area contributed by atoms with Crippen molar-refractivity contribution in [2.45, 2.75) is 85.0 Å². The van der Waals surface area contributed by atoms with Crippen LogP contribution in [0.1, 0.15) is 81.3 Å². The zero-order valence-corrected chi connectivity index (χ0v) is 29.4. The van der Waals surface area contributed by atoms with Gasteiger partial charge in [-0.15, -0.1) is 0 Å². The molecule has 0 saturated carbocycles. The molecule has 43 heavy (non-hydrogen) atoms. The summed E-state index contributed by atoms with van der Waals surface area (Å²) in [6.45, 7) is 12.1. The van der Waals surface area contributed by atoms with Crippen molar-refractivity contribution in [2.24, 2.45) is 5.41 Å². The van der Waals surface area contributed by atoms with Crippen molar-refractivity contribution in [3.8, 4) is 0 Å². The highest BCUT2D eigenvalue weighted by Crippen LogP contribution is 2.39. The monoisotopic (exact) mass is 745 g/mol. The number of unbranched alkanes of at least 4 members (excludes halogenated alkanes) is 1. The van der Waals surface area contributed by atoms with Crippen LogP contribution in [0.15, 0.2) is 12.1 Å². The van der Waals surface area contributed by atoms with Gasteiger partial charge < -0.3 is 29.1 Å². The molecule has 0 radical (unpaired) electrons. The summed E-state index contributed by atoms with van der Waals surface area (Å²) in [7, 11) is 1.59. The lowest BCUT2D eigenvalue weighted by molar-refractivity contribution is -0.138. The first-order valence-electron chi connectivity index (χ1n) is 14.9. The number of ether oxygens (including phenoxy) is 2. The van der Waals surface area contributed by atoms with Gasteiger partial charge >= 0.3 is 6.18 Å². The molecule has 0 aromatic heterocycles. The number of amides is 2. The van der Waals surface area contributed by atoms with Crippen molar-refractivity contribution >= 4 is 46.0 Å². The lowest BCUT2D eigenvalue weighted by atomic mass is 9.86. The van der Waals surface area contributed by atoms with Crippen molar-refractivity contribution < 1.29 is 36.8 Å². The Morgan fingerprint density at radius 3 is 2.47 bits per heavy atom. The molecular weight excluding hydrogens is 697 g/mol. The van der Waals surface area contributed by atoms with E-state index in [0.717, 1.165) is 19.0 Å². The molecule has 1 heterocycles. The summed E-state index contributed by atoms with van der Waals surface area (Å²) in [6, 6.07) is 1.76. The number of halogens is 4. The maximum absolute atomic E-state index is 14.4. The molecule has 13 heteroatoms. The summed E-state index contributed by atoms with van der Waals surface area (Å²) in [4.78, 5) is 31.4. The summed E-state index contributed by atoms with van der Waals surface area (Å²) in [5.41, 5.74) is -1.79. The second-order valence-electron chi connectivity index (χ2n) is 11.5. The van der Waals surface area contributed by atoms with Crippen molar-refractivity contribution in [2.75, 3.05) is 58.1 Å². The number of hydrogen-bond donors (Lipinski definition) is 1. The maximum atomic E-state index is 14.4. The number of alkyl halides is 3. The van der Waals surface area contributed by atoms with Gasteiger partial charge in [-0.2, -0.15) is 13.2 Å². The Morgan fingerprint density at radius 2 is 1.91 bits per heavy atom. The molecule has 3 atom stereocenters. The molecule has 1 aromatic carbocycles. The SMILES string of the molecule is CCC(C)(COCCOPI)C(=O)N(CCCCOC)c1cc(C(=O)N(C(C)C)C2CCCNC2)c(C(F)(F)F)cc1C. The number of hydrogen-bond acceptors (Lipinski definition) is 6. The number of carbonyl (C=O) groups is 2. The van der Waals surface area contributed by atoms with Crippen LogP contribution in [0.3, 0.4) is 0 Å². The maximum Gasteiger partial charge on any atom is 0.417 e. The van der Waals surface area contributed by atoms with E-state index in [2.05, 4.69) is 27.4 Å². The van der Waals surface area contributed by atoms with Gasteiger partial charge in [0.05, 0.1) is 42.8 Å². The molecule has 0 aliphatic carbocycles. The van der Waals surface area contributed by atoms with Crippen LogP contribution >= 0.6 is 28.5 Å². The van der Waals surface area contributed by atoms with Crippen molar-refractivity contribution in [3.63, 3.8) is 0 Å². The Hall–Kier alpha value is -1.05. The van der Waals surface area contributed by atoms with E-state index in [4.69, 9.17) is 14.0 Å².